The van der Waals surface area contributed by atoms with Crippen LogP contribution in [-0.4, -0.2) is 38.2 Å². The highest BCUT2D eigenvalue weighted by molar-refractivity contribution is 5.84. The standard InChI is InChI=1S/C15H19NO3/c17-13(15-10-16-6-8-19-15)9-14-12-4-2-1-3-11(12)5-7-18-14/h1-4,14-16H,5-10H2. The van der Waals surface area contributed by atoms with E-state index in [1.54, 1.807) is 0 Å². The van der Waals surface area contributed by atoms with Gasteiger partial charge in [0.2, 0.25) is 0 Å². The number of ether oxygens (including phenoxy) is 2. The summed E-state index contributed by atoms with van der Waals surface area (Å²) in [5, 5.41) is 3.19. The van der Waals surface area contributed by atoms with E-state index in [1.165, 1.54) is 5.56 Å². The molecular formula is C15H19NO3. The first-order valence-corrected chi connectivity index (χ1v) is 6.89. The second-order valence-electron chi connectivity index (χ2n) is 5.04. The van der Waals surface area contributed by atoms with Gasteiger partial charge in [-0.3, -0.25) is 4.79 Å². The Bertz CT molecular complexity index is 454. The highest BCUT2D eigenvalue weighted by Gasteiger charge is 2.28. The van der Waals surface area contributed by atoms with E-state index in [0.717, 1.165) is 18.5 Å². The lowest BCUT2D eigenvalue weighted by molar-refractivity contribution is -0.135. The minimum absolute atomic E-state index is 0.108. The first-order valence-electron chi connectivity index (χ1n) is 6.89. The molecule has 2 aliphatic rings. The normalized spacial score (nSPS) is 26.7. The predicted octanol–water partition coefficient (Wildman–Crippen LogP) is 1.25. The van der Waals surface area contributed by atoms with Crippen molar-refractivity contribution in [3.63, 3.8) is 0 Å². The summed E-state index contributed by atoms with van der Waals surface area (Å²) in [4.78, 5) is 12.2. The summed E-state index contributed by atoms with van der Waals surface area (Å²) >= 11 is 0. The van der Waals surface area contributed by atoms with Crippen molar-refractivity contribution in [1.82, 2.24) is 5.32 Å². The van der Waals surface area contributed by atoms with Crippen LogP contribution < -0.4 is 5.32 Å². The Balaban J connectivity index is 1.68. The van der Waals surface area contributed by atoms with Crippen molar-refractivity contribution in [2.24, 2.45) is 0 Å². The van der Waals surface area contributed by atoms with E-state index in [1.807, 2.05) is 12.1 Å². The van der Waals surface area contributed by atoms with Gasteiger partial charge in [-0.25, -0.2) is 0 Å². The molecule has 19 heavy (non-hydrogen) atoms. The Morgan fingerprint density at radius 3 is 3.00 bits per heavy atom. The van der Waals surface area contributed by atoms with Crippen LogP contribution in [0.25, 0.3) is 0 Å². The molecule has 0 bridgehead atoms. The summed E-state index contributed by atoms with van der Waals surface area (Å²) in [7, 11) is 0. The van der Waals surface area contributed by atoms with E-state index in [-0.39, 0.29) is 18.0 Å². The van der Waals surface area contributed by atoms with Gasteiger partial charge < -0.3 is 14.8 Å². The number of Topliss-reactive ketones (excluding diaryl/α,β-unsaturated/α-hetero) is 1. The Hall–Kier alpha value is -1.23. The minimum atomic E-state index is -0.313. The van der Waals surface area contributed by atoms with Crippen molar-refractivity contribution < 1.29 is 14.3 Å². The maximum atomic E-state index is 12.2. The largest absolute Gasteiger partial charge is 0.373 e. The molecule has 0 radical (unpaired) electrons. The molecule has 1 aromatic rings. The van der Waals surface area contributed by atoms with Gasteiger partial charge in [0.1, 0.15) is 6.10 Å². The van der Waals surface area contributed by atoms with Crippen LogP contribution in [0, 0.1) is 0 Å². The van der Waals surface area contributed by atoms with Gasteiger partial charge >= 0.3 is 0 Å². The summed E-state index contributed by atoms with van der Waals surface area (Å²) in [5.74, 6) is 0.133. The molecule has 2 heterocycles. The van der Waals surface area contributed by atoms with E-state index < -0.39 is 0 Å². The molecule has 0 aliphatic carbocycles. The highest BCUT2D eigenvalue weighted by atomic mass is 16.5. The van der Waals surface area contributed by atoms with Gasteiger partial charge in [-0.15, -0.1) is 0 Å². The first kappa shape index (κ1) is 12.8. The van der Waals surface area contributed by atoms with Crippen molar-refractivity contribution in [2.45, 2.75) is 25.0 Å². The number of hydrogen-bond acceptors (Lipinski definition) is 4. The molecule has 4 nitrogen and oxygen atoms in total. The fraction of sp³-hybridized carbons (Fsp3) is 0.533. The van der Waals surface area contributed by atoms with Gasteiger partial charge in [-0.1, -0.05) is 24.3 Å². The molecule has 0 spiro atoms. The van der Waals surface area contributed by atoms with Crippen LogP contribution in [0.3, 0.4) is 0 Å². The molecule has 1 aromatic carbocycles. The van der Waals surface area contributed by atoms with Crippen LogP contribution >= 0.6 is 0 Å². The molecule has 1 N–H and O–H groups in total. The zero-order valence-electron chi connectivity index (χ0n) is 10.9. The van der Waals surface area contributed by atoms with Crippen LogP contribution in [0.5, 0.6) is 0 Å². The predicted molar refractivity (Wildman–Crippen MR) is 71.1 cm³/mol. The number of benzene rings is 1. The third kappa shape index (κ3) is 2.86. The molecule has 4 heteroatoms. The van der Waals surface area contributed by atoms with Crippen LogP contribution in [0.4, 0.5) is 0 Å². The number of fused-ring (bicyclic) bond motifs is 1. The average Bonchev–Trinajstić information content (AvgIpc) is 2.48. The minimum Gasteiger partial charge on any atom is -0.373 e. The second-order valence-corrected chi connectivity index (χ2v) is 5.04. The number of nitrogens with one attached hydrogen (secondary N) is 1. The summed E-state index contributed by atoms with van der Waals surface area (Å²) in [6.07, 6.45) is 0.917. The van der Waals surface area contributed by atoms with Gasteiger partial charge in [-0.2, -0.15) is 0 Å². The molecule has 1 fully saturated rings. The Morgan fingerprint density at radius 2 is 2.16 bits per heavy atom. The maximum absolute atomic E-state index is 12.2. The quantitative estimate of drug-likeness (QED) is 0.889. The fourth-order valence-electron chi connectivity index (χ4n) is 2.73. The topological polar surface area (TPSA) is 47.6 Å². The lowest BCUT2D eigenvalue weighted by atomic mass is 9.93. The Kier molecular flexibility index (Phi) is 3.92. The maximum Gasteiger partial charge on any atom is 0.165 e. The molecule has 102 valence electrons. The Labute approximate surface area is 113 Å². The van der Waals surface area contributed by atoms with E-state index in [2.05, 4.69) is 17.4 Å². The number of carbonyl (C=O) groups excluding carboxylic acids is 1. The monoisotopic (exact) mass is 261 g/mol. The van der Waals surface area contributed by atoms with Gasteiger partial charge in [0.25, 0.3) is 0 Å². The zero-order chi connectivity index (χ0) is 13.1. The summed E-state index contributed by atoms with van der Waals surface area (Å²) in [5.41, 5.74) is 2.46. The molecule has 0 saturated carbocycles. The fourth-order valence-corrected chi connectivity index (χ4v) is 2.73. The molecule has 2 unspecified atom stereocenters. The molecular weight excluding hydrogens is 242 g/mol. The lowest BCUT2D eigenvalue weighted by Gasteiger charge is -2.28. The average molecular weight is 261 g/mol. The van der Waals surface area contributed by atoms with E-state index >= 15 is 0 Å². The summed E-state index contributed by atoms with van der Waals surface area (Å²) in [6.45, 7) is 2.75. The molecule has 3 rings (SSSR count). The summed E-state index contributed by atoms with van der Waals surface area (Å²) < 4.78 is 11.3. The lowest BCUT2D eigenvalue weighted by Crippen LogP contribution is -2.43. The van der Waals surface area contributed by atoms with Gasteiger partial charge in [0, 0.05) is 19.5 Å². The number of rotatable bonds is 3. The third-order valence-electron chi connectivity index (χ3n) is 3.77. The number of hydrogen-bond donors (Lipinski definition) is 1. The molecule has 0 amide bonds. The molecule has 2 atom stereocenters. The van der Waals surface area contributed by atoms with Crippen LogP contribution in [0.15, 0.2) is 24.3 Å². The van der Waals surface area contributed by atoms with E-state index in [9.17, 15) is 4.79 Å². The van der Waals surface area contributed by atoms with Crippen molar-refractivity contribution in [3.8, 4) is 0 Å². The number of ketones is 1. The summed E-state index contributed by atoms with van der Waals surface area (Å²) in [6, 6.07) is 8.22. The second kappa shape index (κ2) is 5.82. The third-order valence-corrected chi connectivity index (χ3v) is 3.77. The van der Waals surface area contributed by atoms with Crippen LogP contribution in [0.2, 0.25) is 0 Å². The van der Waals surface area contributed by atoms with Crippen molar-refractivity contribution in [2.75, 3.05) is 26.3 Å². The van der Waals surface area contributed by atoms with E-state index in [4.69, 9.17) is 9.47 Å². The van der Waals surface area contributed by atoms with Crippen molar-refractivity contribution in [1.29, 1.82) is 0 Å². The van der Waals surface area contributed by atoms with Crippen LogP contribution in [-0.2, 0) is 20.7 Å². The smallest absolute Gasteiger partial charge is 0.165 e. The van der Waals surface area contributed by atoms with Gasteiger partial charge in [0.15, 0.2) is 5.78 Å². The number of carbonyl (C=O) groups is 1. The molecule has 1 saturated heterocycles. The zero-order valence-corrected chi connectivity index (χ0v) is 10.9. The van der Waals surface area contributed by atoms with Gasteiger partial charge in [0.05, 0.1) is 19.3 Å². The highest BCUT2D eigenvalue weighted by Crippen LogP contribution is 2.30. The van der Waals surface area contributed by atoms with Crippen molar-refractivity contribution >= 4 is 5.78 Å². The number of morpholine rings is 1. The van der Waals surface area contributed by atoms with Crippen LogP contribution in [0.1, 0.15) is 23.7 Å². The van der Waals surface area contributed by atoms with Gasteiger partial charge in [-0.05, 0) is 17.5 Å². The first-order chi connectivity index (χ1) is 9.34. The Morgan fingerprint density at radius 1 is 1.26 bits per heavy atom. The molecule has 0 aromatic heterocycles. The molecule has 2 aliphatic heterocycles. The van der Waals surface area contributed by atoms with E-state index in [0.29, 0.717) is 26.2 Å². The van der Waals surface area contributed by atoms with Crippen molar-refractivity contribution in [3.05, 3.63) is 35.4 Å². The SMILES string of the molecule is O=C(CC1OCCc2ccccc21)C1CNCCO1.